The van der Waals surface area contributed by atoms with E-state index in [0.717, 1.165) is 12.8 Å². The quantitative estimate of drug-likeness (QED) is 0.704. The Balaban J connectivity index is 1.34. The van der Waals surface area contributed by atoms with Gasteiger partial charge in [0.25, 0.3) is 0 Å². The predicted molar refractivity (Wildman–Crippen MR) is 113 cm³/mol. The lowest BCUT2D eigenvalue weighted by molar-refractivity contribution is -0.137. The zero-order chi connectivity index (χ0) is 21.5. The zero-order valence-corrected chi connectivity index (χ0v) is 17.6. The highest BCUT2D eigenvalue weighted by atomic mass is 35.5. The third-order valence-corrected chi connectivity index (χ3v) is 6.33. The van der Waals surface area contributed by atoms with Crippen LogP contribution < -0.4 is 14.4 Å². The number of nitrogens with zero attached hydrogens (tertiary/aromatic N) is 2. The van der Waals surface area contributed by atoms with Gasteiger partial charge in [0, 0.05) is 41.3 Å². The van der Waals surface area contributed by atoms with E-state index >= 15 is 0 Å². The molecule has 0 unspecified atom stereocenters. The van der Waals surface area contributed by atoms with Gasteiger partial charge >= 0.3 is 0 Å². The minimum Gasteiger partial charge on any atom is -0.486 e. The van der Waals surface area contributed by atoms with Crippen molar-refractivity contribution in [1.82, 2.24) is 4.90 Å². The van der Waals surface area contributed by atoms with E-state index in [-0.39, 0.29) is 37.4 Å². The van der Waals surface area contributed by atoms with Crippen molar-refractivity contribution in [2.24, 2.45) is 5.92 Å². The molecule has 2 aliphatic heterocycles. The van der Waals surface area contributed by atoms with Crippen molar-refractivity contribution in [1.29, 1.82) is 0 Å². The maximum atomic E-state index is 14.3. The Kier molecular flexibility index (Phi) is 5.22. The van der Waals surface area contributed by atoms with Crippen molar-refractivity contribution in [3.05, 3.63) is 52.8 Å². The number of carbonyl (C=O) groups excluding carboxylic acids is 2. The Bertz CT molecular complexity index is 1020. The first kappa shape index (κ1) is 20.1. The fourth-order valence-electron chi connectivity index (χ4n) is 4.18. The fraction of sp³-hybridized carbons (Fsp3) is 0.391. The number of rotatable bonds is 5. The van der Waals surface area contributed by atoms with Gasteiger partial charge < -0.3 is 19.3 Å². The Labute approximate surface area is 184 Å². The number of anilines is 1. The van der Waals surface area contributed by atoms with Crippen molar-refractivity contribution < 1.29 is 23.5 Å². The number of hydrogen-bond donors (Lipinski definition) is 0. The van der Waals surface area contributed by atoms with Crippen LogP contribution in [0.5, 0.6) is 11.5 Å². The van der Waals surface area contributed by atoms with E-state index in [1.165, 1.54) is 6.07 Å². The highest BCUT2D eigenvalue weighted by Gasteiger charge is 2.42. The Hall–Kier alpha value is -2.80. The van der Waals surface area contributed by atoms with Crippen LogP contribution in [0.4, 0.5) is 10.1 Å². The molecule has 2 amide bonds. The van der Waals surface area contributed by atoms with Gasteiger partial charge in [0.2, 0.25) is 11.8 Å². The standard InChI is InChI=1S/C23H22ClFN2O4/c24-18-2-1-3-19(25)17(18)13-27(15-4-5-15)23(29)14-10-22(28)26(12-14)16-6-7-20-21(11-16)31-9-8-30-20/h1-3,6-7,11,14-15H,4-5,8-10,12-13H2/t14-/m0/s1. The van der Waals surface area contributed by atoms with E-state index in [9.17, 15) is 14.0 Å². The fourth-order valence-corrected chi connectivity index (χ4v) is 4.41. The number of amides is 2. The molecule has 3 aliphatic rings. The Morgan fingerprint density at radius 3 is 2.68 bits per heavy atom. The molecule has 162 valence electrons. The van der Waals surface area contributed by atoms with Gasteiger partial charge in [-0.3, -0.25) is 9.59 Å². The van der Waals surface area contributed by atoms with Crippen LogP contribution in [0.3, 0.4) is 0 Å². The number of hydrogen-bond acceptors (Lipinski definition) is 4. The summed E-state index contributed by atoms with van der Waals surface area (Å²) < 4.78 is 25.5. The van der Waals surface area contributed by atoms with Gasteiger partial charge in [0.1, 0.15) is 19.0 Å². The molecule has 2 aromatic carbocycles. The third-order valence-electron chi connectivity index (χ3n) is 5.97. The van der Waals surface area contributed by atoms with Crippen LogP contribution in [-0.2, 0) is 16.1 Å². The highest BCUT2D eigenvalue weighted by molar-refractivity contribution is 6.31. The maximum Gasteiger partial charge on any atom is 0.228 e. The normalized spacial score (nSPS) is 20.1. The van der Waals surface area contributed by atoms with Gasteiger partial charge in [-0.15, -0.1) is 0 Å². The van der Waals surface area contributed by atoms with Gasteiger partial charge in [0.05, 0.1) is 12.5 Å². The molecule has 1 aliphatic carbocycles. The first-order chi connectivity index (χ1) is 15.0. The lowest BCUT2D eigenvalue weighted by Gasteiger charge is -2.26. The van der Waals surface area contributed by atoms with Gasteiger partial charge in [-0.2, -0.15) is 0 Å². The second kappa shape index (κ2) is 8.04. The number of ether oxygens (including phenoxy) is 2. The topological polar surface area (TPSA) is 59.1 Å². The minimum atomic E-state index is -0.480. The summed E-state index contributed by atoms with van der Waals surface area (Å²) in [5.74, 6) is 0.0965. The molecule has 0 aromatic heterocycles. The molecule has 0 spiro atoms. The van der Waals surface area contributed by atoms with Crippen molar-refractivity contribution in [3.8, 4) is 11.5 Å². The first-order valence-electron chi connectivity index (χ1n) is 10.4. The molecule has 0 bridgehead atoms. The molecular weight excluding hydrogens is 423 g/mol. The average Bonchev–Trinajstić information content (AvgIpc) is 3.53. The zero-order valence-electron chi connectivity index (χ0n) is 16.9. The SMILES string of the molecule is O=C1C[C@H](C(=O)N(Cc2c(F)cccc2Cl)C2CC2)CN1c1ccc2c(c1)OCCO2. The first-order valence-corrected chi connectivity index (χ1v) is 10.8. The molecule has 1 atom stereocenters. The van der Waals surface area contributed by atoms with Crippen LogP contribution in [0, 0.1) is 11.7 Å². The van der Waals surface area contributed by atoms with Gasteiger partial charge in [-0.1, -0.05) is 17.7 Å². The van der Waals surface area contributed by atoms with Gasteiger partial charge in [-0.05, 0) is 37.1 Å². The van der Waals surface area contributed by atoms with Crippen LogP contribution in [0.15, 0.2) is 36.4 Å². The molecule has 8 heteroatoms. The summed E-state index contributed by atoms with van der Waals surface area (Å²) in [7, 11) is 0. The Morgan fingerprint density at radius 1 is 1.16 bits per heavy atom. The van der Waals surface area contributed by atoms with Gasteiger partial charge in [-0.25, -0.2) is 4.39 Å². The van der Waals surface area contributed by atoms with Crippen molar-refractivity contribution in [2.75, 3.05) is 24.7 Å². The minimum absolute atomic E-state index is 0.0709. The van der Waals surface area contributed by atoms with E-state index in [1.54, 1.807) is 40.1 Å². The van der Waals surface area contributed by atoms with Crippen LogP contribution in [-0.4, -0.2) is 42.5 Å². The second-order valence-corrected chi connectivity index (χ2v) is 8.54. The lowest BCUT2D eigenvalue weighted by atomic mass is 10.1. The van der Waals surface area contributed by atoms with E-state index in [1.807, 2.05) is 0 Å². The van der Waals surface area contributed by atoms with E-state index in [4.69, 9.17) is 21.1 Å². The molecular formula is C23H22ClFN2O4. The van der Waals surface area contributed by atoms with E-state index in [0.29, 0.717) is 41.0 Å². The summed E-state index contributed by atoms with van der Waals surface area (Å²) in [5.41, 5.74) is 0.997. The molecule has 2 aromatic rings. The smallest absolute Gasteiger partial charge is 0.228 e. The molecule has 5 rings (SSSR count). The third kappa shape index (κ3) is 3.94. The van der Waals surface area contributed by atoms with Crippen molar-refractivity contribution >= 4 is 29.1 Å². The predicted octanol–water partition coefficient (Wildman–Crippen LogP) is 3.79. The average molecular weight is 445 g/mol. The highest BCUT2D eigenvalue weighted by Crippen LogP contribution is 2.37. The maximum absolute atomic E-state index is 14.3. The van der Waals surface area contributed by atoms with Gasteiger partial charge in [0.15, 0.2) is 11.5 Å². The molecule has 1 saturated heterocycles. The van der Waals surface area contributed by atoms with Crippen LogP contribution in [0.2, 0.25) is 5.02 Å². The van der Waals surface area contributed by atoms with Crippen molar-refractivity contribution in [3.63, 3.8) is 0 Å². The Morgan fingerprint density at radius 2 is 1.94 bits per heavy atom. The lowest BCUT2D eigenvalue weighted by Crippen LogP contribution is -2.38. The number of fused-ring (bicyclic) bond motifs is 1. The molecule has 0 N–H and O–H groups in total. The molecule has 2 heterocycles. The van der Waals surface area contributed by atoms with E-state index < -0.39 is 11.7 Å². The largest absolute Gasteiger partial charge is 0.486 e. The molecule has 6 nitrogen and oxygen atoms in total. The summed E-state index contributed by atoms with van der Waals surface area (Å²) in [6.07, 6.45) is 1.89. The second-order valence-electron chi connectivity index (χ2n) is 8.13. The summed E-state index contributed by atoms with van der Waals surface area (Å²) in [5, 5.41) is 0.304. The number of halogens is 2. The summed E-state index contributed by atoms with van der Waals surface area (Å²) in [4.78, 5) is 29.4. The molecule has 0 radical (unpaired) electrons. The van der Waals surface area contributed by atoms with Crippen LogP contribution in [0.25, 0.3) is 0 Å². The monoisotopic (exact) mass is 444 g/mol. The molecule has 2 fully saturated rings. The number of carbonyl (C=O) groups is 2. The van der Waals surface area contributed by atoms with Crippen LogP contribution in [0.1, 0.15) is 24.8 Å². The number of benzene rings is 2. The van der Waals surface area contributed by atoms with Crippen molar-refractivity contribution in [2.45, 2.75) is 31.8 Å². The summed E-state index contributed by atoms with van der Waals surface area (Å²) >= 11 is 6.19. The summed E-state index contributed by atoms with van der Waals surface area (Å²) in [6.45, 7) is 1.35. The summed E-state index contributed by atoms with van der Waals surface area (Å²) in [6, 6.07) is 9.94. The van der Waals surface area contributed by atoms with Crippen LogP contribution >= 0.6 is 11.6 Å². The van der Waals surface area contributed by atoms with E-state index in [2.05, 4.69) is 0 Å². The molecule has 31 heavy (non-hydrogen) atoms. The molecule has 1 saturated carbocycles.